The minimum absolute atomic E-state index is 0. The van der Waals surface area contributed by atoms with Gasteiger partial charge in [0.05, 0.1) is 5.75 Å². The highest BCUT2D eigenvalue weighted by molar-refractivity contribution is 7.89. The molecular weight excluding hydrogens is 284 g/mol. The summed E-state index contributed by atoms with van der Waals surface area (Å²) in [6.45, 7) is 5.30. The van der Waals surface area contributed by atoms with Gasteiger partial charge in [-0.3, -0.25) is 0 Å². The average molecular weight is 311 g/mol. The highest BCUT2D eigenvalue weighted by atomic mass is 35.5. The Hall–Kier alpha value is 0.160. The highest BCUT2D eigenvalue weighted by Crippen LogP contribution is 2.32. The molecule has 1 saturated heterocycles. The summed E-state index contributed by atoms with van der Waals surface area (Å²) in [6.07, 6.45) is 5.32. The summed E-state index contributed by atoms with van der Waals surface area (Å²) in [4.78, 5) is 0. The van der Waals surface area contributed by atoms with Crippen molar-refractivity contribution in [2.45, 2.75) is 52.0 Å². The van der Waals surface area contributed by atoms with E-state index in [0.717, 1.165) is 19.3 Å². The van der Waals surface area contributed by atoms with E-state index in [2.05, 4.69) is 13.8 Å². The molecule has 0 aromatic carbocycles. The molecule has 1 aliphatic carbocycles. The van der Waals surface area contributed by atoms with Crippen molar-refractivity contribution in [1.82, 2.24) is 4.31 Å². The summed E-state index contributed by atoms with van der Waals surface area (Å²) in [5.74, 6) is 0.729. The van der Waals surface area contributed by atoms with Gasteiger partial charge < -0.3 is 5.73 Å². The summed E-state index contributed by atoms with van der Waals surface area (Å²) >= 11 is 0. The largest absolute Gasteiger partial charge is 0.327 e. The fourth-order valence-electron chi connectivity index (χ4n) is 3.14. The number of rotatable bonds is 3. The number of hydrogen-bond donors (Lipinski definition) is 1. The number of sulfonamides is 1. The van der Waals surface area contributed by atoms with E-state index < -0.39 is 10.0 Å². The first kappa shape index (κ1) is 17.2. The van der Waals surface area contributed by atoms with Crippen molar-refractivity contribution >= 4 is 22.4 Å². The van der Waals surface area contributed by atoms with Gasteiger partial charge in [-0.05, 0) is 30.6 Å². The normalized spacial score (nSPS) is 29.1. The van der Waals surface area contributed by atoms with Crippen LogP contribution in [0, 0.1) is 11.3 Å². The van der Waals surface area contributed by atoms with E-state index in [1.165, 1.54) is 12.8 Å². The second-order valence-electron chi connectivity index (χ2n) is 6.65. The predicted octanol–water partition coefficient (Wildman–Crippen LogP) is 1.99. The number of nitrogens with zero attached hydrogens (tertiary/aromatic N) is 1. The Morgan fingerprint density at radius 1 is 1.21 bits per heavy atom. The van der Waals surface area contributed by atoms with Crippen LogP contribution in [0.2, 0.25) is 0 Å². The molecule has 1 heterocycles. The minimum atomic E-state index is -3.08. The Bertz CT molecular complexity index is 391. The molecule has 0 aromatic rings. The van der Waals surface area contributed by atoms with Gasteiger partial charge in [-0.25, -0.2) is 12.7 Å². The van der Waals surface area contributed by atoms with Crippen molar-refractivity contribution in [3.63, 3.8) is 0 Å². The van der Waals surface area contributed by atoms with Gasteiger partial charge in [0.1, 0.15) is 0 Å². The van der Waals surface area contributed by atoms with E-state index in [0.29, 0.717) is 24.8 Å². The standard InChI is InChI=1S/C13H26N2O2S.ClH/c1-13(2)10-15(8-7-12(13)14)18(16,17)9-11-5-3-4-6-11;/h11-12H,3-10,14H2,1-2H3;1H. The first-order valence-corrected chi connectivity index (χ1v) is 8.65. The van der Waals surface area contributed by atoms with E-state index in [4.69, 9.17) is 5.73 Å². The van der Waals surface area contributed by atoms with Gasteiger partial charge in [0.2, 0.25) is 10.0 Å². The fraction of sp³-hybridized carbons (Fsp3) is 1.00. The van der Waals surface area contributed by atoms with Crippen LogP contribution in [0.25, 0.3) is 0 Å². The van der Waals surface area contributed by atoms with Crippen molar-refractivity contribution in [2.24, 2.45) is 17.1 Å². The van der Waals surface area contributed by atoms with Crippen LogP contribution in [0.3, 0.4) is 0 Å². The monoisotopic (exact) mass is 310 g/mol. The van der Waals surface area contributed by atoms with Crippen molar-refractivity contribution < 1.29 is 8.42 Å². The van der Waals surface area contributed by atoms with Crippen LogP contribution < -0.4 is 5.73 Å². The SMILES string of the molecule is CC1(C)CN(S(=O)(=O)CC2CCCC2)CCC1N.Cl. The van der Waals surface area contributed by atoms with E-state index in [-0.39, 0.29) is 23.9 Å². The van der Waals surface area contributed by atoms with Gasteiger partial charge in [0, 0.05) is 19.1 Å². The molecule has 6 heteroatoms. The van der Waals surface area contributed by atoms with E-state index in [1.54, 1.807) is 4.31 Å². The van der Waals surface area contributed by atoms with Crippen LogP contribution >= 0.6 is 12.4 Å². The molecule has 1 unspecified atom stereocenters. The number of piperidine rings is 1. The van der Waals surface area contributed by atoms with Crippen LogP contribution in [0.15, 0.2) is 0 Å². The predicted molar refractivity (Wildman–Crippen MR) is 80.9 cm³/mol. The molecule has 0 aromatic heterocycles. The lowest BCUT2D eigenvalue weighted by Gasteiger charge is -2.42. The van der Waals surface area contributed by atoms with Gasteiger partial charge in [-0.1, -0.05) is 26.7 Å². The second-order valence-corrected chi connectivity index (χ2v) is 8.66. The average Bonchev–Trinajstić information content (AvgIpc) is 2.73. The quantitative estimate of drug-likeness (QED) is 0.867. The van der Waals surface area contributed by atoms with Crippen molar-refractivity contribution in [3.8, 4) is 0 Å². The Morgan fingerprint density at radius 3 is 2.32 bits per heavy atom. The molecule has 2 N–H and O–H groups in total. The van der Waals surface area contributed by atoms with Gasteiger partial charge in [-0.2, -0.15) is 0 Å². The minimum Gasteiger partial charge on any atom is -0.327 e. The maximum absolute atomic E-state index is 12.4. The highest BCUT2D eigenvalue weighted by Gasteiger charge is 2.39. The molecule has 2 fully saturated rings. The van der Waals surface area contributed by atoms with Crippen LogP contribution in [-0.4, -0.2) is 37.6 Å². The smallest absolute Gasteiger partial charge is 0.214 e. The maximum Gasteiger partial charge on any atom is 0.214 e. The zero-order valence-electron chi connectivity index (χ0n) is 12.0. The van der Waals surface area contributed by atoms with Crippen LogP contribution in [-0.2, 0) is 10.0 Å². The van der Waals surface area contributed by atoms with Gasteiger partial charge in [0.15, 0.2) is 0 Å². The third-order valence-electron chi connectivity index (χ3n) is 4.59. The Balaban J connectivity index is 0.00000180. The molecule has 2 aliphatic rings. The molecule has 0 amide bonds. The third kappa shape index (κ3) is 4.06. The zero-order chi connectivity index (χ0) is 13.4. The molecule has 114 valence electrons. The van der Waals surface area contributed by atoms with Crippen LogP contribution in [0.1, 0.15) is 46.0 Å². The molecule has 2 rings (SSSR count). The molecule has 0 radical (unpaired) electrons. The topological polar surface area (TPSA) is 63.4 Å². The number of nitrogens with two attached hydrogens (primary N) is 1. The summed E-state index contributed by atoms with van der Waals surface area (Å²) in [5, 5.41) is 0. The fourth-order valence-corrected chi connectivity index (χ4v) is 5.20. The lowest BCUT2D eigenvalue weighted by atomic mass is 9.81. The van der Waals surface area contributed by atoms with Crippen molar-refractivity contribution in [2.75, 3.05) is 18.8 Å². The molecule has 4 nitrogen and oxygen atoms in total. The van der Waals surface area contributed by atoms with E-state index in [9.17, 15) is 8.42 Å². The molecule has 1 saturated carbocycles. The Kier molecular flexibility index (Phi) is 5.70. The lowest BCUT2D eigenvalue weighted by Crippen LogP contribution is -2.54. The molecule has 1 aliphatic heterocycles. The zero-order valence-corrected chi connectivity index (χ0v) is 13.6. The summed E-state index contributed by atoms with van der Waals surface area (Å²) in [5.41, 5.74) is 5.95. The Morgan fingerprint density at radius 2 is 1.79 bits per heavy atom. The molecule has 0 spiro atoms. The van der Waals surface area contributed by atoms with E-state index >= 15 is 0 Å². The first-order chi connectivity index (χ1) is 8.31. The van der Waals surface area contributed by atoms with Gasteiger partial charge >= 0.3 is 0 Å². The summed E-state index contributed by atoms with van der Waals surface area (Å²) < 4.78 is 26.5. The summed E-state index contributed by atoms with van der Waals surface area (Å²) in [7, 11) is -3.08. The lowest BCUT2D eigenvalue weighted by molar-refractivity contribution is 0.155. The van der Waals surface area contributed by atoms with Crippen molar-refractivity contribution in [1.29, 1.82) is 0 Å². The van der Waals surface area contributed by atoms with Gasteiger partial charge in [-0.15, -0.1) is 12.4 Å². The van der Waals surface area contributed by atoms with Crippen LogP contribution in [0.4, 0.5) is 0 Å². The Labute approximate surface area is 123 Å². The molecule has 1 atom stereocenters. The third-order valence-corrected chi connectivity index (χ3v) is 6.58. The number of hydrogen-bond acceptors (Lipinski definition) is 3. The van der Waals surface area contributed by atoms with Crippen LogP contribution in [0.5, 0.6) is 0 Å². The van der Waals surface area contributed by atoms with Crippen molar-refractivity contribution in [3.05, 3.63) is 0 Å². The maximum atomic E-state index is 12.4. The number of halogens is 1. The molecular formula is C13H27ClN2O2S. The van der Waals surface area contributed by atoms with Gasteiger partial charge in [0.25, 0.3) is 0 Å². The molecule has 19 heavy (non-hydrogen) atoms. The molecule has 0 bridgehead atoms. The van der Waals surface area contributed by atoms with E-state index in [1.807, 2.05) is 0 Å². The summed E-state index contributed by atoms with van der Waals surface area (Å²) in [6, 6.07) is 0.107. The first-order valence-electron chi connectivity index (χ1n) is 7.05. The second kappa shape index (κ2) is 6.29.